The molecule has 7 nitrogen and oxygen atoms in total. The number of carbonyl (C=O) groups is 2. The van der Waals surface area contributed by atoms with Crippen LogP contribution in [0.15, 0.2) is 48.7 Å². The van der Waals surface area contributed by atoms with E-state index in [2.05, 4.69) is 22.5 Å². The lowest BCUT2D eigenvalue weighted by Gasteiger charge is -2.34. The maximum Gasteiger partial charge on any atom is 0.319 e. The van der Waals surface area contributed by atoms with E-state index in [4.69, 9.17) is 9.47 Å². The lowest BCUT2D eigenvalue weighted by atomic mass is 9.88. The molecule has 2 atom stereocenters. The van der Waals surface area contributed by atoms with Gasteiger partial charge in [-0.15, -0.1) is 0 Å². The van der Waals surface area contributed by atoms with Gasteiger partial charge in [0.25, 0.3) is 0 Å². The molecule has 0 bridgehead atoms. The Balaban J connectivity index is 1.64. The van der Waals surface area contributed by atoms with Gasteiger partial charge in [0, 0.05) is 11.4 Å². The SMILES string of the molecule is C=C1NC(=O)N[C@H](c2ccc3c(c2)OCO3)[C@H]1C(=O)Nc1ccc(C)cc1C. The summed E-state index contributed by atoms with van der Waals surface area (Å²) in [4.78, 5) is 25.2. The fraction of sp³-hybridized carbons (Fsp3) is 0.238. The maximum atomic E-state index is 13.1. The van der Waals surface area contributed by atoms with Crippen LogP contribution in [0.25, 0.3) is 0 Å². The molecule has 1 fully saturated rings. The van der Waals surface area contributed by atoms with Gasteiger partial charge >= 0.3 is 6.03 Å². The number of rotatable bonds is 3. The summed E-state index contributed by atoms with van der Waals surface area (Å²) < 4.78 is 10.8. The van der Waals surface area contributed by atoms with Gasteiger partial charge in [-0.25, -0.2) is 4.79 Å². The fourth-order valence-corrected chi connectivity index (χ4v) is 3.54. The van der Waals surface area contributed by atoms with Gasteiger partial charge in [-0.1, -0.05) is 30.3 Å². The Bertz CT molecular complexity index is 986. The average Bonchev–Trinajstić information content (AvgIpc) is 3.11. The molecule has 4 rings (SSSR count). The van der Waals surface area contributed by atoms with Gasteiger partial charge in [0.1, 0.15) is 5.92 Å². The quantitative estimate of drug-likeness (QED) is 0.764. The number of hydrogen-bond donors (Lipinski definition) is 3. The van der Waals surface area contributed by atoms with E-state index in [0.29, 0.717) is 17.2 Å². The first-order valence-corrected chi connectivity index (χ1v) is 8.96. The summed E-state index contributed by atoms with van der Waals surface area (Å²) in [5, 5.41) is 8.39. The molecule has 2 aromatic rings. The Morgan fingerprint density at radius 1 is 1.14 bits per heavy atom. The van der Waals surface area contributed by atoms with E-state index < -0.39 is 18.0 Å². The van der Waals surface area contributed by atoms with Crippen LogP contribution in [0, 0.1) is 19.8 Å². The first-order valence-electron chi connectivity index (χ1n) is 8.96. The molecule has 0 aromatic heterocycles. The highest BCUT2D eigenvalue weighted by molar-refractivity contribution is 5.97. The van der Waals surface area contributed by atoms with E-state index in [0.717, 1.165) is 22.4 Å². The summed E-state index contributed by atoms with van der Waals surface area (Å²) in [7, 11) is 0. The fourth-order valence-electron chi connectivity index (χ4n) is 3.54. The van der Waals surface area contributed by atoms with E-state index in [-0.39, 0.29) is 12.7 Å². The van der Waals surface area contributed by atoms with Crippen LogP contribution in [0.1, 0.15) is 22.7 Å². The maximum absolute atomic E-state index is 13.1. The molecular formula is C21H21N3O4. The smallest absolute Gasteiger partial charge is 0.319 e. The number of amides is 3. The molecule has 2 aromatic carbocycles. The second-order valence-corrected chi connectivity index (χ2v) is 7.00. The highest BCUT2D eigenvalue weighted by atomic mass is 16.7. The minimum atomic E-state index is -0.696. The summed E-state index contributed by atoms with van der Waals surface area (Å²) in [5.74, 6) is 0.273. The van der Waals surface area contributed by atoms with Crippen LogP contribution in [0.2, 0.25) is 0 Å². The second kappa shape index (κ2) is 6.92. The van der Waals surface area contributed by atoms with E-state index in [1.807, 2.05) is 38.1 Å². The number of fused-ring (bicyclic) bond motifs is 1. The molecule has 144 valence electrons. The molecule has 0 radical (unpaired) electrons. The normalized spacial score (nSPS) is 20.4. The number of urea groups is 1. The number of anilines is 1. The average molecular weight is 379 g/mol. The third kappa shape index (κ3) is 3.26. The number of ether oxygens (including phenoxy) is 2. The van der Waals surface area contributed by atoms with Crippen LogP contribution in [0.3, 0.4) is 0 Å². The van der Waals surface area contributed by atoms with Crippen molar-refractivity contribution in [2.24, 2.45) is 5.92 Å². The Labute approximate surface area is 162 Å². The molecule has 2 aliphatic heterocycles. The van der Waals surface area contributed by atoms with Gasteiger partial charge in [-0.05, 0) is 43.2 Å². The van der Waals surface area contributed by atoms with Crippen LogP contribution in [0.5, 0.6) is 11.5 Å². The molecule has 0 saturated carbocycles. The first kappa shape index (κ1) is 17.9. The number of nitrogens with one attached hydrogen (secondary N) is 3. The summed E-state index contributed by atoms with van der Waals surface area (Å²) in [6.45, 7) is 7.99. The molecule has 0 aliphatic carbocycles. The lowest BCUT2D eigenvalue weighted by molar-refractivity contribution is -0.119. The minimum absolute atomic E-state index is 0.153. The van der Waals surface area contributed by atoms with Gasteiger partial charge in [0.05, 0.1) is 6.04 Å². The standard InChI is InChI=1S/C21H21N3O4/c1-11-4-6-15(12(2)8-11)23-20(25)18-13(3)22-21(26)24-19(18)14-5-7-16-17(9-14)28-10-27-16/h4-9,18-19H,3,10H2,1-2H3,(H,23,25)(H2,22,24,26)/t18-,19+/m0/s1. The van der Waals surface area contributed by atoms with Crippen molar-refractivity contribution in [3.8, 4) is 11.5 Å². The third-order valence-corrected chi connectivity index (χ3v) is 4.95. The Morgan fingerprint density at radius 3 is 2.71 bits per heavy atom. The summed E-state index contributed by atoms with van der Waals surface area (Å²) >= 11 is 0. The zero-order chi connectivity index (χ0) is 19.8. The van der Waals surface area contributed by atoms with Crippen LogP contribution < -0.4 is 25.4 Å². The van der Waals surface area contributed by atoms with Gasteiger partial charge in [-0.3, -0.25) is 4.79 Å². The monoisotopic (exact) mass is 379 g/mol. The third-order valence-electron chi connectivity index (χ3n) is 4.95. The van der Waals surface area contributed by atoms with E-state index >= 15 is 0 Å². The molecule has 2 heterocycles. The van der Waals surface area contributed by atoms with Crippen molar-refractivity contribution in [2.75, 3.05) is 12.1 Å². The molecule has 2 aliphatic rings. The lowest BCUT2D eigenvalue weighted by Crippen LogP contribution is -2.51. The highest BCUT2D eigenvalue weighted by Crippen LogP contribution is 2.38. The second-order valence-electron chi connectivity index (χ2n) is 7.00. The Kier molecular flexibility index (Phi) is 4.43. The summed E-state index contributed by atoms with van der Waals surface area (Å²) in [6, 6.07) is 10.2. The Hall–Kier alpha value is -3.48. The number of aryl methyl sites for hydroxylation is 2. The van der Waals surface area contributed by atoms with Crippen LogP contribution in [0.4, 0.5) is 10.5 Å². The van der Waals surface area contributed by atoms with Crippen molar-refractivity contribution in [1.82, 2.24) is 10.6 Å². The molecule has 3 amide bonds. The molecule has 28 heavy (non-hydrogen) atoms. The molecule has 0 unspecified atom stereocenters. The van der Waals surface area contributed by atoms with Gasteiger partial charge in [0.2, 0.25) is 12.7 Å². The highest BCUT2D eigenvalue weighted by Gasteiger charge is 2.38. The molecule has 1 saturated heterocycles. The van der Waals surface area contributed by atoms with Crippen LogP contribution in [-0.2, 0) is 4.79 Å². The van der Waals surface area contributed by atoms with Crippen LogP contribution >= 0.6 is 0 Å². The van der Waals surface area contributed by atoms with Crippen molar-refractivity contribution in [1.29, 1.82) is 0 Å². The molecular weight excluding hydrogens is 358 g/mol. The van der Waals surface area contributed by atoms with Crippen molar-refractivity contribution >= 4 is 17.6 Å². The number of hydrogen-bond acceptors (Lipinski definition) is 4. The van der Waals surface area contributed by atoms with Crippen LogP contribution in [-0.4, -0.2) is 18.7 Å². The predicted octanol–water partition coefficient (Wildman–Crippen LogP) is 3.15. The minimum Gasteiger partial charge on any atom is -0.454 e. The predicted molar refractivity (Wildman–Crippen MR) is 104 cm³/mol. The molecule has 0 spiro atoms. The zero-order valence-electron chi connectivity index (χ0n) is 15.7. The van der Waals surface area contributed by atoms with E-state index in [9.17, 15) is 9.59 Å². The van der Waals surface area contributed by atoms with E-state index in [1.54, 1.807) is 12.1 Å². The summed E-state index contributed by atoms with van der Waals surface area (Å²) in [5.41, 5.74) is 3.88. The van der Waals surface area contributed by atoms with Crippen molar-refractivity contribution in [2.45, 2.75) is 19.9 Å². The largest absolute Gasteiger partial charge is 0.454 e. The van der Waals surface area contributed by atoms with Gasteiger partial charge < -0.3 is 25.4 Å². The van der Waals surface area contributed by atoms with Gasteiger partial charge in [-0.2, -0.15) is 0 Å². The first-order chi connectivity index (χ1) is 13.4. The zero-order valence-corrected chi connectivity index (χ0v) is 15.7. The molecule has 7 heteroatoms. The number of benzene rings is 2. The van der Waals surface area contributed by atoms with Crippen molar-refractivity contribution in [3.63, 3.8) is 0 Å². The molecule has 3 N–H and O–H groups in total. The van der Waals surface area contributed by atoms with Crippen molar-refractivity contribution < 1.29 is 19.1 Å². The van der Waals surface area contributed by atoms with Crippen molar-refractivity contribution in [3.05, 3.63) is 65.4 Å². The van der Waals surface area contributed by atoms with E-state index in [1.165, 1.54) is 0 Å². The van der Waals surface area contributed by atoms with Gasteiger partial charge in [0.15, 0.2) is 11.5 Å². The Morgan fingerprint density at radius 2 is 1.93 bits per heavy atom. The number of carbonyl (C=O) groups excluding carboxylic acids is 2. The topological polar surface area (TPSA) is 88.7 Å². The summed E-state index contributed by atoms with van der Waals surface area (Å²) in [6.07, 6.45) is 0.